The summed E-state index contributed by atoms with van der Waals surface area (Å²) in [5.74, 6) is -1.18. The third-order valence-corrected chi connectivity index (χ3v) is 4.17. The molecular formula is C13H10BrNO5S. The first-order valence-electron chi connectivity index (χ1n) is 5.73. The van der Waals surface area contributed by atoms with E-state index in [-0.39, 0.29) is 4.91 Å². The molecular weight excluding hydrogens is 362 g/mol. The summed E-state index contributed by atoms with van der Waals surface area (Å²) in [7, 11) is 1.54. The number of carboxylic acids is 1. The maximum absolute atomic E-state index is 12.0. The Bertz CT molecular complexity index is 658. The Labute approximate surface area is 132 Å². The van der Waals surface area contributed by atoms with Crippen LogP contribution in [0.1, 0.15) is 5.56 Å². The number of hydrogen-bond acceptors (Lipinski definition) is 5. The van der Waals surface area contributed by atoms with Gasteiger partial charge < -0.3 is 9.84 Å². The van der Waals surface area contributed by atoms with E-state index in [1.807, 2.05) is 0 Å². The van der Waals surface area contributed by atoms with Crippen LogP contribution in [0.3, 0.4) is 0 Å². The van der Waals surface area contributed by atoms with Gasteiger partial charge in [0, 0.05) is 0 Å². The largest absolute Gasteiger partial charge is 0.496 e. The molecule has 21 heavy (non-hydrogen) atoms. The third kappa shape index (κ3) is 3.45. The van der Waals surface area contributed by atoms with Gasteiger partial charge in [0.1, 0.15) is 12.3 Å². The van der Waals surface area contributed by atoms with Gasteiger partial charge in [0.25, 0.3) is 11.1 Å². The summed E-state index contributed by atoms with van der Waals surface area (Å²) in [5.41, 5.74) is 0.698. The molecule has 1 fully saturated rings. The van der Waals surface area contributed by atoms with Crippen molar-refractivity contribution >= 4 is 50.9 Å². The highest BCUT2D eigenvalue weighted by Gasteiger charge is 2.36. The second-order valence-electron chi connectivity index (χ2n) is 4.06. The molecule has 2 rings (SSSR count). The number of amides is 2. The molecule has 1 N–H and O–H groups in total. The van der Waals surface area contributed by atoms with Crippen LogP contribution < -0.4 is 4.74 Å². The van der Waals surface area contributed by atoms with Crippen LogP contribution in [0, 0.1) is 0 Å². The van der Waals surface area contributed by atoms with Gasteiger partial charge in [-0.25, -0.2) is 0 Å². The van der Waals surface area contributed by atoms with Gasteiger partial charge in [0.15, 0.2) is 0 Å². The fourth-order valence-corrected chi connectivity index (χ4v) is 3.09. The lowest BCUT2D eigenvalue weighted by Crippen LogP contribution is -2.33. The third-order valence-electron chi connectivity index (χ3n) is 2.64. The first-order chi connectivity index (χ1) is 9.92. The number of halogens is 1. The Morgan fingerprint density at radius 3 is 2.76 bits per heavy atom. The van der Waals surface area contributed by atoms with Gasteiger partial charge in [0.05, 0.1) is 16.5 Å². The number of carbonyl (C=O) groups is 3. The molecule has 0 aromatic heterocycles. The van der Waals surface area contributed by atoms with Gasteiger partial charge in [-0.05, 0) is 51.5 Å². The minimum absolute atomic E-state index is 0.193. The van der Waals surface area contributed by atoms with Crippen LogP contribution in [-0.2, 0) is 9.59 Å². The summed E-state index contributed by atoms with van der Waals surface area (Å²) in [6, 6.07) is 5.19. The predicted molar refractivity (Wildman–Crippen MR) is 81.0 cm³/mol. The molecule has 0 spiro atoms. The number of methoxy groups -OCH3 is 1. The van der Waals surface area contributed by atoms with E-state index >= 15 is 0 Å². The number of ether oxygens (including phenoxy) is 1. The average molecular weight is 372 g/mol. The van der Waals surface area contributed by atoms with E-state index in [9.17, 15) is 14.4 Å². The molecule has 1 aromatic carbocycles. The van der Waals surface area contributed by atoms with Crippen molar-refractivity contribution in [2.75, 3.05) is 13.7 Å². The van der Waals surface area contributed by atoms with Crippen LogP contribution in [0.2, 0.25) is 0 Å². The summed E-state index contributed by atoms with van der Waals surface area (Å²) in [4.78, 5) is 35.1. The predicted octanol–water partition coefficient (Wildman–Crippen LogP) is 2.58. The van der Waals surface area contributed by atoms with E-state index in [0.717, 1.165) is 11.8 Å². The fraction of sp³-hybridized carbons (Fsp3) is 0.154. The number of hydrogen-bond donors (Lipinski definition) is 1. The van der Waals surface area contributed by atoms with E-state index in [2.05, 4.69) is 15.9 Å². The number of rotatable bonds is 4. The van der Waals surface area contributed by atoms with E-state index < -0.39 is 23.7 Å². The quantitative estimate of drug-likeness (QED) is 0.818. The number of carbonyl (C=O) groups excluding carboxylic acids is 2. The maximum Gasteiger partial charge on any atom is 0.323 e. The monoisotopic (exact) mass is 371 g/mol. The van der Waals surface area contributed by atoms with Gasteiger partial charge in [-0.15, -0.1) is 0 Å². The van der Waals surface area contributed by atoms with E-state index in [1.54, 1.807) is 18.2 Å². The van der Waals surface area contributed by atoms with Gasteiger partial charge in [-0.3, -0.25) is 19.3 Å². The van der Waals surface area contributed by atoms with Crippen LogP contribution in [0.15, 0.2) is 27.6 Å². The van der Waals surface area contributed by atoms with Crippen LogP contribution in [0.5, 0.6) is 5.75 Å². The van der Waals surface area contributed by atoms with E-state index in [4.69, 9.17) is 9.84 Å². The van der Waals surface area contributed by atoms with Gasteiger partial charge >= 0.3 is 5.97 Å². The molecule has 8 heteroatoms. The van der Waals surface area contributed by atoms with Crippen molar-refractivity contribution in [2.24, 2.45) is 0 Å². The van der Waals surface area contributed by atoms with Crippen molar-refractivity contribution in [3.63, 3.8) is 0 Å². The number of nitrogens with zero attached hydrogens (tertiary/aromatic N) is 1. The van der Waals surface area contributed by atoms with Gasteiger partial charge in [-0.2, -0.15) is 0 Å². The standard InChI is InChI=1S/C13H10BrNO5S/c1-20-9-3-2-7(4-8(9)14)5-10-12(18)15(6-11(16)17)13(19)21-10/h2-5H,6H2,1H3,(H,16,17)/b10-5-. The summed E-state index contributed by atoms with van der Waals surface area (Å²) in [5, 5.41) is 8.10. The minimum Gasteiger partial charge on any atom is -0.496 e. The van der Waals surface area contributed by atoms with Crippen LogP contribution in [0.25, 0.3) is 6.08 Å². The lowest BCUT2D eigenvalue weighted by Gasteiger charge is -2.07. The zero-order valence-electron chi connectivity index (χ0n) is 10.8. The Kier molecular flexibility index (Phi) is 4.69. The molecule has 0 unspecified atom stereocenters. The minimum atomic E-state index is -1.23. The Morgan fingerprint density at radius 1 is 1.48 bits per heavy atom. The lowest BCUT2D eigenvalue weighted by molar-refractivity contribution is -0.140. The Morgan fingerprint density at radius 2 is 2.19 bits per heavy atom. The smallest absolute Gasteiger partial charge is 0.323 e. The van der Waals surface area contributed by atoms with Gasteiger partial charge in [-0.1, -0.05) is 6.07 Å². The topological polar surface area (TPSA) is 83.9 Å². The van der Waals surface area contributed by atoms with Gasteiger partial charge in [0.2, 0.25) is 0 Å². The SMILES string of the molecule is COc1ccc(/C=C2\SC(=O)N(CC(=O)O)C2=O)cc1Br. The van der Waals surface area contributed by atoms with E-state index in [0.29, 0.717) is 20.7 Å². The first-order valence-corrected chi connectivity index (χ1v) is 7.34. The molecule has 1 aliphatic heterocycles. The van der Waals surface area contributed by atoms with Crippen molar-refractivity contribution in [3.8, 4) is 5.75 Å². The van der Waals surface area contributed by atoms with Crippen molar-refractivity contribution < 1.29 is 24.2 Å². The molecule has 0 bridgehead atoms. The number of aliphatic carboxylic acids is 1. The molecule has 0 radical (unpaired) electrons. The van der Waals surface area contributed by atoms with Crippen molar-refractivity contribution in [3.05, 3.63) is 33.1 Å². The summed E-state index contributed by atoms with van der Waals surface area (Å²) < 4.78 is 5.81. The summed E-state index contributed by atoms with van der Waals surface area (Å²) in [6.45, 7) is -0.631. The zero-order chi connectivity index (χ0) is 15.6. The second kappa shape index (κ2) is 6.31. The molecule has 1 saturated heterocycles. The Hall–Kier alpha value is -1.80. The maximum atomic E-state index is 12.0. The molecule has 0 atom stereocenters. The molecule has 6 nitrogen and oxygen atoms in total. The van der Waals surface area contributed by atoms with Crippen molar-refractivity contribution in [1.29, 1.82) is 0 Å². The number of imide groups is 1. The average Bonchev–Trinajstić information content (AvgIpc) is 2.66. The normalized spacial score (nSPS) is 16.7. The highest BCUT2D eigenvalue weighted by molar-refractivity contribution is 9.10. The first kappa shape index (κ1) is 15.6. The molecule has 110 valence electrons. The molecule has 0 saturated carbocycles. The lowest BCUT2D eigenvalue weighted by atomic mass is 10.2. The zero-order valence-corrected chi connectivity index (χ0v) is 13.2. The van der Waals surface area contributed by atoms with Crippen LogP contribution in [-0.4, -0.2) is 40.8 Å². The van der Waals surface area contributed by atoms with Crippen molar-refractivity contribution in [2.45, 2.75) is 0 Å². The van der Waals surface area contributed by atoms with Crippen molar-refractivity contribution in [1.82, 2.24) is 4.90 Å². The van der Waals surface area contributed by atoms with Crippen LogP contribution >= 0.6 is 27.7 Å². The number of benzene rings is 1. The van der Waals surface area contributed by atoms with E-state index in [1.165, 1.54) is 13.2 Å². The second-order valence-corrected chi connectivity index (χ2v) is 5.90. The molecule has 1 heterocycles. The molecule has 0 aliphatic carbocycles. The Balaban J connectivity index is 2.26. The fourth-order valence-electron chi connectivity index (χ4n) is 1.70. The number of thioether (sulfide) groups is 1. The molecule has 1 aliphatic rings. The highest BCUT2D eigenvalue weighted by atomic mass is 79.9. The molecule has 2 amide bonds. The van der Waals surface area contributed by atoms with Crippen LogP contribution in [0.4, 0.5) is 4.79 Å². The summed E-state index contributed by atoms with van der Waals surface area (Å²) in [6.07, 6.45) is 1.54. The number of carboxylic acid groups (broad SMARTS) is 1. The summed E-state index contributed by atoms with van der Waals surface area (Å²) >= 11 is 4.05. The highest BCUT2D eigenvalue weighted by Crippen LogP contribution is 2.33. The molecule has 1 aromatic rings.